The van der Waals surface area contributed by atoms with Gasteiger partial charge in [-0.3, -0.25) is 0 Å². The van der Waals surface area contributed by atoms with Crippen molar-refractivity contribution in [1.82, 2.24) is 0 Å². The third-order valence-electron chi connectivity index (χ3n) is 4.92. The van der Waals surface area contributed by atoms with Gasteiger partial charge in [0.05, 0.1) is 0 Å². The molecule has 0 aromatic carbocycles. The molecule has 0 radical (unpaired) electrons. The smallest absolute Gasteiger partial charge is 0.0888 e. The molecule has 4 aliphatic carbocycles. The van der Waals surface area contributed by atoms with Gasteiger partial charge >= 0.3 is 0 Å². The molecule has 0 N–H and O–H groups in total. The Morgan fingerprint density at radius 2 is 1.33 bits per heavy atom. The molecule has 0 saturated heterocycles. The van der Waals surface area contributed by atoms with Crippen molar-refractivity contribution in [3.63, 3.8) is 0 Å². The minimum absolute atomic E-state index is 0.842. The average Bonchev–Trinajstić information content (AvgIpc) is 2.02. The molecule has 66 valence electrons. The summed E-state index contributed by atoms with van der Waals surface area (Å²) in [6.45, 7) is 2.42. The van der Waals surface area contributed by atoms with Gasteiger partial charge < -0.3 is 0 Å². The fraction of sp³-hybridized carbons (Fsp3) is 1.00. The third kappa shape index (κ3) is 0.915. The van der Waals surface area contributed by atoms with Crippen LogP contribution in [0, 0.1) is 17.8 Å². The van der Waals surface area contributed by atoms with Gasteiger partial charge in [0.15, 0.2) is 0 Å². The topological polar surface area (TPSA) is 0 Å². The van der Waals surface area contributed by atoms with Crippen molar-refractivity contribution in [3.05, 3.63) is 0 Å². The summed E-state index contributed by atoms with van der Waals surface area (Å²) in [5.41, 5.74) is 0. The summed E-state index contributed by atoms with van der Waals surface area (Å²) in [5, 5.41) is 0.842. The molecule has 4 fully saturated rings. The molecule has 1 heteroatoms. The van der Waals surface area contributed by atoms with Gasteiger partial charge in [-0.05, 0) is 37.0 Å². The Morgan fingerprint density at radius 3 is 1.67 bits per heavy atom. The first kappa shape index (κ1) is 7.47. The van der Waals surface area contributed by atoms with Crippen LogP contribution in [0.25, 0.3) is 0 Å². The van der Waals surface area contributed by atoms with Crippen LogP contribution in [0.2, 0.25) is 12.1 Å². The highest BCUT2D eigenvalue weighted by Gasteiger charge is 2.49. The number of rotatable bonds is 1. The van der Waals surface area contributed by atoms with Gasteiger partial charge in [-0.1, -0.05) is 31.4 Å². The molecule has 0 aliphatic heterocycles. The second kappa shape index (κ2) is 2.30. The Morgan fingerprint density at radius 1 is 0.917 bits per heavy atom. The summed E-state index contributed by atoms with van der Waals surface area (Å²) in [5.74, 6) is 3.45. The Labute approximate surface area is 76.4 Å². The van der Waals surface area contributed by atoms with Gasteiger partial charge in [0.2, 0.25) is 0 Å². The number of hydrogen-bond acceptors (Lipinski definition) is 0. The maximum Gasteiger partial charge on any atom is 0.125 e. The van der Waals surface area contributed by atoms with E-state index in [-0.39, 0.29) is 0 Å². The first-order chi connectivity index (χ1) is 5.80. The van der Waals surface area contributed by atoms with Gasteiger partial charge in [-0.2, -0.15) is 0 Å². The lowest BCUT2D eigenvalue weighted by Crippen LogP contribution is -2.44. The van der Waals surface area contributed by atoms with Crippen LogP contribution in [-0.4, -0.2) is 7.28 Å². The van der Waals surface area contributed by atoms with Crippen LogP contribution in [0.5, 0.6) is 0 Å². The normalized spacial score (nSPS) is 55.9. The maximum absolute atomic E-state index is 2.42. The van der Waals surface area contributed by atoms with Crippen molar-refractivity contribution in [2.45, 2.75) is 50.7 Å². The largest absolute Gasteiger partial charge is 0.125 e. The molecule has 0 atom stereocenters. The summed E-state index contributed by atoms with van der Waals surface area (Å²) < 4.78 is 0. The minimum Gasteiger partial charge on any atom is -0.0888 e. The standard InChI is InChI=1S/C11H19B/c1-12-11-5-8-2-9(6-11)4-10(3-8)7-11/h8-10,12H,2-7H2,1H3/t8-,9+,10?,11?. The Hall–Kier alpha value is 0.0649. The zero-order valence-corrected chi connectivity index (χ0v) is 8.18. The molecule has 0 aromatic rings. The highest BCUT2D eigenvalue weighted by molar-refractivity contribution is 6.38. The fourth-order valence-electron chi connectivity index (χ4n) is 4.72. The van der Waals surface area contributed by atoms with E-state index < -0.39 is 0 Å². The molecule has 4 saturated carbocycles. The molecule has 4 aliphatic rings. The lowest BCUT2D eigenvalue weighted by atomic mass is 9.37. The zero-order chi connectivity index (χ0) is 8.18. The average molecular weight is 162 g/mol. The summed E-state index contributed by atoms with van der Waals surface area (Å²) >= 11 is 0. The minimum atomic E-state index is 0.842. The SMILES string of the molecule is CBC12CC3C[C@H](C1)C[C@@H](C3)C2. The molecule has 0 nitrogen and oxygen atoms in total. The van der Waals surface area contributed by atoms with Crippen LogP contribution in [0.15, 0.2) is 0 Å². The predicted molar refractivity (Wildman–Crippen MR) is 53.9 cm³/mol. The van der Waals surface area contributed by atoms with Gasteiger partial charge in [0.1, 0.15) is 7.28 Å². The summed E-state index contributed by atoms with van der Waals surface area (Å²) in [4.78, 5) is 0. The van der Waals surface area contributed by atoms with Crippen LogP contribution in [0.1, 0.15) is 38.5 Å². The molecule has 0 amide bonds. The van der Waals surface area contributed by atoms with Crippen molar-refractivity contribution >= 4 is 7.28 Å². The van der Waals surface area contributed by atoms with Crippen LogP contribution in [0.3, 0.4) is 0 Å². The van der Waals surface area contributed by atoms with Crippen LogP contribution >= 0.6 is 0 Å². The fourth-order valence-corrected chi connectivity index (χ4v) is 4.72. The van der Waals surface area contributed by atoms with E-state index in [4.69, 9.17) is 0 Å². The quantitative estimate of drug-likeness (QED) is 0.520. The summed E-state index contributed by atoms with van der Waals surface area (Å²) in [6.07, 6.45) is 9.57. The van der Waals surface area contributed by atoms with Crippen molar-refractivity contribution in [3.8, 4) is 0 Å². The van der Waals surface area contributed by atoms with Gasteiger partial charge in [0.25, 0.3) is 0 Å². The highest BCUT2D eigenvalue weighted by Crippen LogP contribution is 2.63. The summed E-state index contributed by atoms with van der Waals surface area (Å²) in [6, 6.07) is 0. The molecule has 4 rings (SSSR count). The Balaban J connectivity index is 1.90. The lowest BCUT2D eigenvalue weighted by molar-refractivity contribution is 0.0288. The first-order valence-corrected chi connectivity index (χ1v) is 5.80. The van der Waals surface area contributed by atoms with E-state index in [0.717, 1.165) is 23.1 Å². The second-order valence-corrected chi connectivity index (χ2v) is 5.77. The molecule has 12 heavy (non-hydrogen) atoms. The highest BCUT2D eigenvalue weighted by atomic mass is 14.5. The second-order valence-electron chi connectivity index (χ2n) is 5.77. The number of hydrogen-bond donors (Lipinski definition) is 0. The van der Waals surface area contributed by atoms with Gasteiger partial charge in [0, 0.05) is 0 Å². The van der Waals surface area contributed by atoms with Crippen LogP contribution in [0.4, 0.5) is 0 Å². The summed E-state index contributed by atoms with van der Waals surface area (Å²) in [7, 11) is 1.47. The monoisotopic (exact) mass is 162 g/mol. The first-order valence-electron chi connectivity index (χ1n) is 5.80. The van der Waals surface area contributed by atoms with Crippen molar-refractivity contribution < 1.29 is 0 Å². The van der Waals surface area contributed by atoms with Crippen molar-refractivity contribution in [2.24, 2.45) is 17.8 Å². The Bertz CT molecular complexity index is 162. The molecule has 0 aromatic heterocycles. The third-order valence-corrected chi connectivity index (χ3v) is 4.92. The van der Waals surface area contributed by atoms with E-state index in [1.165, 1.54) is 7.28 Å². The van der Waals surface area contributed by atoms with Gasteiger partial charge in [-0.15, -0.1) is 0 Å². The van der Waals surface area contributed by atoms with Crippen molar-refractivity contribution in [2.75, 3.05) is 0 Å². The maximum atomic E-state index is 2.42. The van der Waals surface area contributed by atoms with Crippen LogP contribution < -0.4 is 0 Å². The van der Waals surface area contributed by atoms with E-state index in [1.807, 2.05) is 0 Å². The van der Waals surface area contributed by atoms with Crippen molar-refractivity contribution in [1.29, 1.82) is 0 Å². The van der Waals surface area contributed by atoms with Crippen LogP contribution in [-0.2, 0) is 0 Å². The molecule has 4 bridgehead atoms. The molecular formula is C11H19B. The zero-order valence-electron chi connectivity index (χ0n) is 8.18. The van der Waals surface area contributed by atoms with E-state index >= 15 is 0 Å². The molecule has 0 spiro atoms. The predicted octanol–water partition coefficient (Wildman–Crippen LogP) is 2.86. The molecule has 0 unspecified atom stereocenters. The lowest BCUT2D eigenvalue weighted by Gasteiger charge is -2.56. The molecular weight excluding hydrogens is 143 g/mol. The van der Waals surface area contributed by atoms with E-state index in [1.54, 1.807) is 38.5 Å². The van der Waals surface area contributed by atoms with E-state index in [0.29, 0.717) is 0 Å². The molecule has 0 heterocycles. The van der Waals surface area contributed by atoms with Gasteiger partial charge in [-0.25, -0.2) is 0 Å². The van der Waals surface area contributed by atoms with E-state index in [9.17, 15) is 0 Å². The Kier molecular flexibility index (Phi) is 1.43. The van der Waals surface area contributed by atoms with E-state index in [2.05, 4.69) is 6.82 Å².